The van der Waals surface area contributed by atoms with Crippen molar-refractivity contribution in [3.05, 3.63) is 96.0 Å². The molecule has 1 aliphatic carbocycles. The Morgan fingerprint density at radius 1 is 0.949 bits per heavy atom. The highest BCUT2D eigenvalue weighted by Gasteiger charge is 2.22. The molecule has 4 N–H and O–H groups in total. The smallest absolute Gasteiger partial charge is 0.273 e. The molecular formula is C29H31FN6O3. The van der Waals surface area contributed by atoms with E-state index in [-0.39, 0.29) is 17.9 Å². The highest BCUT2D eigenvalue weighted by atomic mass is 19.1. The Bertz CT molecular complexity index is 1370. The van der Waals surface area contributed by atoms with E-state index in [1.807, 2.05) is 12.1 Å². The molecule has 0 spiro atoms. The van der Waals surface area contributed by atoms with Gasteiger partial charge in [0.2, 0.25) is 0 Å². The summed E-state index contributed by atoms with van der Waals surface area (Å²) < 4.78 is 16.4. The number of aromatic nitrogens is 2. The number of aliphatic hydroxyl groups is 1. The SMILES string of the molecule is Cn1nccc1C(=O)Nc1ccc(NC2C=CC(NC(=O)c3ccc(N4CCC(O)CC4)cc3)=CC2F)cc1. The number of carbonyl (C=O) groups is 2. The Morgan fingerprint density at radius 2 is 1.64 bits per heavy atom. The fourth-order valence-corrected chi connectivity index (χ4v) is 4.64. The summed E-state index contributed by atoms with van der Waals surface area (Å²) in [5, 5.41) is 22.4. The third-order valence-corrected chi connectivity index (χ3v) is 6.91. The first-order chi connectivity index (χ1) is 18.9. The van der Waals surface area contributed by atoms with Crippen LogP contribution in [0.25, 0.3) is 0 Å². The van der Waals surface area contributed by atoms with E-state index in [1.54, 1.807) is 67.9 Å². The molecule has 9 nitrogen and oxygen atoms in total. The van der Waals surface area contributed by atoms with Crippen LogP contribution in [-0.4, -0.2) is 58.1 Å². The lowest BCUT2D eigenvalue weighted by molar-refractivity contribution is 0.0965. The van der Waals surface area contributed by atoms with Crippen molar-refractivity contribution >= 4 is 28.9 Å². The molecule has 2 aromatic carbocycles. The Balaban J connectivity index is 1.12. The number of benzene rings is 2. The summed E-state index contributed by atoms with van der Waals surface area (Å²) in [6, 6.07) is 15.3. The predicted molar refractivity (Wildman–Crippen MR) is 148 cm³/mol. The van der Waals surface area contributed by atoms with Crippen LogP contribution < -0.4 is 20.9 Å². The first-order valence-electron chi connectivity index (χ1n) is 12.9. The highest BCUT2D eigenvalue weighted by molar-refractivity contribution is 6.03. The monoisotopic (exact) mass is 530 g/mol. The number of piperidine rings is 1. The predicted octanol–water partition coefficient (Wildman–Crippen LogP) is 3.64. The number of halogens is 1. The molecule has 0 radical (unpaired) electrons. The number of hydrogen-bond acceptors (Lipinski definition) is 6. The van der Waals surface area contributed by atoms with E-state index in [0.29, 0.717) is 28.3 Å². The molecule has 3 aromatic rings. The van der Waals surface area contributed by atoms with Crippen LogP contribution in [0.4, 0.5) is 21.5 Å². The van der Waals surface area contributed by atoms with Gasteiger partial charge in [0.1, 0.15) is 11.9 Å². The number of rotatable bonds is 7. The lowest BCUT2D eigenvalue weighted by Gasteiger charge is -2.31. The minimum atomic E-state index is -1.36. The van der Waals surface area contributed by atoms with E-state index < -0.39 is 12.2 Å². The van der Waals surface area contributed by atoms with E-state index in [2.05, 4.69) is 25.9 Å². The van der Waals surface area contributed by atoms with Crippen molar-refractivity contribution in [3.63, 3.8) is 0 Å². The standard InChI is InChI=1S/C29H31FN6O3/c1-35-27(12-15-31-35)29(39)33-21-6-4-20(5-7-21)32-26-11-8-22(18-25(26)30)34-28(38)19-2-9-23(10-3-19)36-16-13-24(37)14-17-36/h2-12,15,18,24-26,32,37H,13-14,16-17H2,1H3,(H,33,39)(H,34,38). The van der Waals surface area contributed by atoms with Gasteiger partial charge in [-0.25, -0.2) is 4.39 Å². The largest absolute Gasteiger partial charge is 0.393 e. The maximum atomic E-state index is 14.9. The number of anilines is 3. The van der Waals surface area contributed by atoms with Crippen LogP contribution in [0.1, 0.15) is 33.7 Å². The number of carbonyl (C=O) groups excluding carboxylic acids is 2. The first kappa shape index (κ1) is 26.2. The van der Waals surface area contributed by atoms with Gasteiger partial charge in [-0.05, 0) is 79.6 Å². The molecular weight excluding hydrogens is 499 g/mol. The van der Waals surface area contributed by atoms with Crippen molar-refractivity contribution in [2.75, 3.05) is 28.6 Å². The van der Waals surface area contributed by atoms with Gasteiger partial charge in [-0.3, -0.25) is 14.3 Å². The molecule has 2 amide bonds. The zero-order chi connectivity index (χ0) is 27.4. The molecule has 2 unspecified atom stereocenters. The van der Waals surface area contributed by atoms with Crippen molar-refractivity contribution < 1.29 is 19.1 Å². The van der Waals surface area contributed by atoms with Crippen LogP contribution in [-0.2, 0) is 7.05 Å². The third kappa shape index (κ3) is 6.35. The Kier molecular flexibility index (Phi) is 7.74. The van der Waals surface area contributed by atoms with E-state index in [1.165, 1.54) is 10.8 Å². The van der Waals surface area contributed by atoms with Crippen LogP contribution in [0.3, 0.4) is 0 Å². The zero-order valence-corrected chi connectivity index (χ0v) is 21.5. The van der Waals surface area contributed by atoms with Gasteiger partial charge in [-0.15, -0.1) is 0 Å². The molecule has 5 rings (SSSR count). The Labute approximate surface area is 226 Å². The van der Waals surface area contributed by atoms with Gasteiger partial charge in [0.05, 0.1) is 12.1 Å². The molecule has 1 saturated heterocycles. The molecule has 2 heterocycles. The molecule has 1 aromatic heterocycles. The van der Waals surface area contributed by atoms with E-state index in [0.717, 1.165) is 31.6 Å². The lowest BCUT2D eigenvalue weighted by Crippen LogP contribution is -2.35. The quantitative estimate of drug-likeness (QED) is 0.371. The maximum absolute atomic E-state index is 14.9. The van der Waals surface area contributed by atoms with Crippen LogP contribution >= 0.6 is 0 Å². The van der Waals surface area contributed by atoms with Crippen LogP contribution in [0, 0.1) is 0 Å². The number of amides is 2. The van der Waals surface area contributed by atoms with Gasteiger partial charge in [-0.2, -0.15) is 5.10 Å². The zero-order valence-electron chi connectivity index (χ0n) is 21.5. The normalized spacial score (nSPS) is 19.4. The number of nitrogens with one attached hydrogen (secondary N) is 3. The van der Waals surface area contributed by atoms with Crippen molar-refractivity contribution in [1.29, 1.82) is 0 Å². The van der Waals surface area contributed by atoms with E-state index >= 15 is 0 Å². The molecule has 1 fully saturated rings. The van der Waals surface area contributed by atoms with E-state index in [9.17, 15) is 19.1 Å². The second kappa shape index (κ2) is 11.5. The molecule has 202 valence electrons. The minimum Gasteiger partial charge on any atom is -0.393 e. The van der Waals surface area contributed by atoms with Crippen LogP contribution in [0.2, 0.25) is 0 Å². The number of aryl methyl sites for hydroxylation is 1. The summed E-state index contributed by atoms with van der Waals surface area (Å²) in [6.07, 6.45) is 6.17. The summed E-state index contributed by atoms with van der Waals surface area (Å²) >= 11 is 0. The van der Waals surface area contributed by atoms with Gasteiger partial charge >= 0.3 is 0 Å². The second-order valence-corrected chi connectivity index (χ2v) is 9.69. The summed E-state index contributed by atoms with van der Waals surface area (Å²) in [7, 11) is 1.69. The molecule has 0 saturated carbocycles. The van der Waals surface area contributed by atoms with Gasteiger partial charge in [0, 0.05) is 54.7 Å². The molecule has 0 bridgehead atoms. The topological polar surface area (TPSA) is 112 Å². The summed E-state index contributed by atoms with van der Waals surface area (Å²) in [5.41, 5.74) is 3.63. The summed E-state index contributed by atoms with van der Waals surface area (Å²) in [6.45, 7) is 1.56. The fraction of sp³-hybridized carbons (Fsp3) is 0.276. The maximum Gasteiger partial charge on any atom is 0.273 e. The third-order valence-electron chi connectivity index (χ3n) is 6.91. The minimum absolute atomic E-state index is 0.241. The van der Waals surface area contributed by atoms with Gasteiger partial charge < -0.3 is 26.0 Å². The van der Waals surface area contributed by atoms with Crippen molar-refractivity contribution in [3.8, 4) is 0 Å². The molecule has 10 heteroatoms. The number of alkyl halides is 1. The molecule has 2 aliphatic rings. The highest BCUT2D eigenvalue weighted by Crippen LogP contribution is 2.22. The second-order valence-electron chi connectivity index (χ2n) is 9.69. The van der Waals surface area contributed by atoms with Crippen LogP contribution in [0.15, 0.2) is 84.7 Å². The van der Waals surface area contributed by atoms with Gasteiger partial charge in [-0.1, -0.05) is 6.08 Å². The average Bonchev–Trinajstić information content (AvgIpc) is 3.38. The summed E-state index contributed by atoms with van der Waals surface area (Å²) in [4.78, 5) is 27.2. The van der Waals surface area contributed by atoms with Crippen molar-refractivity contribution in [2.24, 2.45) is 7.05 Å². The van der Waals surface area contributed by atoms with Gasteiger partial charge in [0.15, 0.2) is 0 Å². The molecule has 1 aliphatic heterocycles. The van der Waals surface area contributed by atoms with Gasteiger partial charge in [0.25, 0.3) is 11.8 Å². The Hall–Kier alpha value is -4.44. The molecule has 2 atom stereocenters. The lowest BCUT2D eigenvalue weighted by atomic mass is 10.0. The number of nitrogens with zero attached hydrogens (tertiary/aromatic N) is 3. The molecule has 39 heavy (non-hydrogen) atoms. The number of allylic oxidation sites excluding steroid dienone is 1. The first-order valence-corrected chi connectivity index (χ1v) is 12.9. The number of aliphatic hydroxyl groups excluding tert-OH is 1. The van der Waals surface area contributed by atoms with Crippen LogP contribution in [0.5, 0.6) is 0 Å². The summed E-state index contributed by atoms with van der Waals surface area (Å²) in [5.74, 6) is -0.581. The van der Waals surface area contributed by atoms with E-state index in [4.69, 9.17) is 0 Å². The van der Waals surface area contributed by atoms with Crippen molar-refractivity contribution in [1.82, 2.24) is 15.1 Å². The average molecular weight is 531 g/mol. The number of hydrogen-bond donors (Lipinski definition) is 4. The fourth-order valence-electron chi connectivity index (χ4n) is 4.64. The Morgan fingerprint density at radius 3 is 2.28 bits per heavy atom. The van der Waals surface area contributed by atoms with Crippen molar-refractivity contribution in [2.45, 2.75) is 31.2 Å².